The Morgan fingerprint density at radius 2 is 1.89 bits per heavy atom. The molecule has 0 aliphatic carbocycles. The van der Waals surface area contributed by atoms with Gasteiger partial charge >= 0.3 is 0 Å². The number of nitrogens with zero attached hydrogens (tertiary/aromatic N) is 1. The minimum Gasteiger partial charge on any atom is -0.395 e. The van der Waals surface area contributed by atoms with Crippen molar-refractivity contribution in [2.45, 2.75) is 33.1 Å². The van der Waals surface area contributed by atoms with E-state index in [9.17, 15) is 18.4 Å². The summed E-state index contributed by atoms with van der Waals surface area (Å²) in [5.74, 6) is -4.80. The standard InChI is InChI=1S/C24H29F3N4O5/c1-3-8-28-20(33)7-10-35-29-14-16-13-17(24(34)31-36-11-9-32)23(22(27)21(16)26)30-19-6-5-15(4-2)12-18(19)25/h5-6,12-14,30,32H,3-4,7-11H2,1-2H3,(H,28,33)(H,31,34)/b29-14+. The Morgan fingerprint density at radius 1 is 1.11 bits per heavy atom. The monoisotopic (exact) mass is 510 g/mol. The van der Waals surface area contributed by atoms with Crippen molar-refractivity contribution in [2.75, 3.05) is 31.7 Å². The Morgan fingerprint density at radius 3 is 2.56 bits per heavy atom. The zero-order valence-electron chi connectivity index (χ0n) is 20.0. The van der Waals surface area contributed by atoms with Crippen molar-refractivity contribution in [1.82, 2.24) is 10.8 Å². The van der Waals surface area contributed by atoms with E-state index in [1.807, 2.05) is 19.3 Å². The highest BCUT2D eigenvalue weighted by Gasteiger charge is 2.23. The maximum atomic E-state index is 15.1. The number of nitrogens with one attached hydrogen (secondary N) is 3. The number of benzene rings is 2. The first kappa shape index (κ1) is 28.6. The molecule has 9 nitrogen and oxygen atoms in total. The van der Waals surface area contributed by atoms with Gasteiger partial charge in [0.2, 0.25) is 5.91 Å². The molecule has 0 radical (unpaired) electrons. The Kier molecular flexibility index (Phi) is 11.7. The first-order valence-electron chi connectivity index (χ1n) is 11.3. The van der Waals surface area contributed by atoms with Crippen LogP contribution < -0.4 is 16.1 Å². The number of rotatable bonds is 14. The third-order valence-electron chi connectivity index (χ3n) is 4.80. The fourth-order valence-corrected chi connectivity index (χ4v) is 2.91. The molecule has 0 unspecified atom stereocenters. The third-order valence-corrected chi connectivity index (χ3v) is 4.80. The van der Waals surface area contributed by atoms with Crippen LogP contribution in [0.5, 0.6) is 0 Å². The number of carbonyl (C=O) groups is 2. The van der Waals surface area contributed by atoms with Crippen molar-refractivity contribution in [2.24, 2.45) is 5.16 Å². The van der Waals surface area contributed by atoms with E-state index in [4.69, 9.17) is 14.8 Å². The molecule has 0 saturated carbocycles. The van der Waals surface area contributed by atoms with E-state index in [1.54, 1.807) is 6.07 Å². The van der Waals surface area contributed by atoms with Gasteiger partial charge in [-0.3, -0.25) is 14.4 Å². The fourth-order valence-electron chi connectivity index (χ4n) is 2.91. The molecule has 196 valence electrons. The summed E-state index contributed by atoms with van der Waals surface area (Å²) in [5, 5.41) is 17.4. The molecular weight excluding hydrogens is 481 g/mol. The van der Waals surface area contributed by atoms with Gasteiger partial charge in [0.05, 0.1) is 42.8 Å². The lowest BCUT2D eigenvalue weighted by Gasteiger charge is -2.16. The quantitative estimate of drug-likeness (QED) is 0.176. The van der Waals surface area contributed by atoms with Crippen LogP contribution in [0.2, 0.25) is 0 Å². The summed E-state index contributed by atoms with van der Waals surface area (Å²) in [4.78, 5) is 33.9. The van der Waals surface area contributed by atoms with Crippen LogP contribution in [0.15, 0.2) is 29.4 Å². The molecule has 2 aromatic rings. The smallest absolute Gasteiger partial charge is 0.277 e. The molecule has 36 heavy (non-hydrogen) atoms. The number of anilines is 2. The summed E-state index contributed by atoms with van der Waals surface area (Å²) in [6.45, 7) is 3.50. The molecule has 0 bridgehead atoms. The summed E-state index contributed by atoms with van der Waals surface area (Å²) in [6, 6.07) is 5.15. The van der Waals surface area contributed by atoms with Gasteiger partial charge in [0.15, 0.2) is 11.6 Å². The number of aryl methyl sites for hydroxylation is 1. The van der Waals surface area contributed by atoms with Gasteiger partial charge in [-0.1, -0.05) is 25.1 Å². The fraction of sp³-hybridized carbons (Fsp3) is 0.375. The van der Waals surface area contributed by atoms with Gasteiger partial charge in [-0.2, -0.15) is 0 Å². The zero-order chi connectivity index (χ0) is 26.5. The van der Waals surface area contributed by atoms with Crippen molar-refractivity contribution in [1.29, 1.82) is 0 Å². The Balaban J connectivity index is 2.30. The zero-order valence-corrected chi connectivity index (χ0v) is 20.0. The summed E-state index contributed by atoms with van der Waals surface area (Å²) < 4.78 is 44.3. The predicted octanol–water partition coefficient (Wildman–Crippen LogP) is 3.33. The number of aliphatic hydroxyl groups excluding tert-OH is 1. The molecule has 0 heterocycles. The average molecular weight is 511 g/mol. The summed E-state index contributed by atoms with van der Waals surface area (Å²) in [5.41, 5.74) is 1.01. The number of hydrogen-bond acceptors (Lipinski definition) is 7. The van der Waals surface area contributed by atoms with E-state index in [0.29, 0.717) is 18.5 Å². The second kappa shape index (κ2) is 14.7. The average Bonchev–Trinajstić information content (AvgIpc) is 2.87. The van der Waals surface area contributed by atoms with Gasteiger partial charge in [0, 0.05) is 12.1 Å². The number of hydroxylamine groups is 1. The van der Waals surface area contributed by atoms with E-state index >= 15 is 4.39 Å². The maximum Gasteiger partial charge on any atom is 0.277 e. The minimum atomic E-state index is -1.47. The van der Waals surface area contributed by atoms with Gasteiger partial charge in [0.1, 0.15) is 12.4 Å². The van der Waals surface area contributed by atoms with Crippen LogP contribution in [0, 0.1) is 17.5 Å². The van der Waals surface area contributed by atoms with Crippen LogP contribution in [-0.4, -0.2) is 49.5 Å². The largest absolute Gasteiger partial charge is 0.395 e. The highest BCUT2D eigenvalue weighted by atomic mass is 19.2. The topological polar surface area (TPSA) is 121 Å². The van der Waals surface area contributed by atoms with Gasteiger partial charge in [0.25, 0.3) is 5.91 Å². The highest BCUT2D eigenvalue weighted by Crippen LogP contribution is 2.30. The maximum absolute atomic E-state index is 15.1. The van der Waals surface area contributed by atoms with Crippen LogP contribution >= 0.6 is 0 Å². The molecule has 0 fully saturated rings. The molecule has 4 N–H and O–H groups in total. The van der Waals surface area contributed by atoms with Crippen molar-refractivity contribution in [3.05, 3.63) is 58.4 Å². The molecule has 0 aliphatic rings. The number of amides is 2. The van der Waals surface area contributed by atoms with Crippen molar-refractivity contribution in [3.63, 3.8) is 0 Å². The molecule has 2 amide bonds. The lowest BCUT2D eigenvalue weighted by atomic mass is 10.1. The van der Waals surface area contributed by atoms with Crippen LogP contribution in [0.25, 0.3) is 0 Å². The lowest BCUT2D eigenvalue weighted by Crippen LogP contribution is -2.26. The van der Waals surface area contributed by atoms with Crippen LogP contribution in [0.3, 0.4) is 0 Å². The Hall–Kier alpha value is -3.64. The Labute approximate surface area is 206 Å². The van der Waals surface area contributed by atoms with E-state index in [1.165, 1.54) is 12.1 Å². The number of hydrogen-bond donors (Lipinski definition) is 4. The van der Waals surface area contributed by atoms with E-state index in [-0.39, 0.29) is 31.2 Å². The molecule has 2 aromatic carbocycles. The first-order chi connectivity index (χ1) is 17.3. The third kappa shape index (κ3) is 8.24. The minimum absolute atomic E-state index is 0.00920. The number of halogens is 3. The number of aliphatic hydroxyl groups is 1. The summed E-state index contributed by atoms with van der Waals surface area (Å²) in [6.07, 6.45) is 2.19. The highest BCUT2D eigenvalue weighted by molar-refractivity contribution is 6.01. The van der Waals surface area contributed by atoms with Gasteiger partial charge in [-0.25, -0.2) is 18.7 Å². The van der Waals surface area contributed by atoms with Crippen LogP contribution in [0.4, 0.5) is 24.5 Å². The van der Waals surface area contributed by atoms with Crippen LogP contribution in [-0.2, 0) is 20.9 Å². The van der Waals surface area contributed by atoms with Crippen LogP contribution in [0.1, 0.15) is 48.2 Å². The predicted molar refractivity (Wildman–Crippen MR) is 127 cm³/mol. The molecule has 0 aliphatic heterocycles. The Bertz CT molecular complexity index is 1080. The molecule has 0 atom stereocenters. The molecular formula is C24H29F3N4O5. The molecule has 0 spiro atoms. The van der Waals surface area contributed by atoms with Crippen molar-refractivity contribution >= 4 is 29.4 Å². The molecule has 0 saturated heterocycles. The van der Waals surface area contributed by atoms with Gasteiger partial charge < -0.3 is 20.6 Å². The van der Waals surface area contributed by atoms with Crippen molar-refractivity contribution in [3.8, 4) is 0 Å². The van der Waals surface area contributed by atoms with Crippen molar-refractivity contribution < 1.29 is 37.5 Å². The van der Waals surface area contributed by atoms with E-state index in [2.05, 4.69) is 15.8 Å². The molecule has 2 rings (SSSR count). The molecule has 0 aromatic heterocycles. The second-order valence-electron chi connectivity index (χ2n) is 7.48. The first-order valence-corrected chi connectivity index (χ1v) is 11.3. The summed E-state index contributed by atoms with van der Waals surface area (Å²) >= 11 is 0. The number of oxime groups is 1. The number of carbonyl (C=O) groups excluding carboxylic acids is 2. The summed E-state index contributed by atoms with van der Waals surface area (Å²) in [7, 11) is 0. The van der Waals surface area contributed by atoms with Gasteiger partial charge in [-0.15, -0.1) is 0 Å². The SMILES string of the molecule is CCCNC(=O)CCO/N=C/c1cc(C(=O)NOCCO)c(Nc2ccc(CC)cc2F)c(F)c1F. The second-order valence-corrected chi connectivity index (χ2v) is 7.48. The lowest BCUT2D eigenvalue weighted by molar-refractivity contribution is -0.122. The van der Waals surface area contributed by atoms with E-state index in [0.717, 1.165) is 18.7 Å². The normalized spacial score (nSPS) is 10.9. The molecule has 12 heteroatoms. The van der Waals surface area contributed by atoms with E-state index < -0.39 is 46.8 Å². The van der Waals surface area contributed by atoms with Gasteiger partial charge in [-0.05, 0) is 36.6 Å².